The predicted octanol–water partition coefficient (Wildman–Crippen LogP) is 3.99. The number of fused-ring (bicyclic) bond motifs is 1. The summed E-state index contributed by atoms with van der Waals surface area (Å²) >= 11 is 0. The van der Waals surface area contributed by atoms with Crippen molar-refractivity contribution < 1.29 is 19.1 Å². The van der Waals surface area contributed by atoms with E-state index in [4.69, 9.17) is 9.47 Å². The van der Waals surface area contributed by atoms with Crippen LogP contribution in [0.3, 0.4) is 0 Å². The van der Waals surface area contributed by atoms with Crippen LogP contribution in [0, 0.1) is 0 Å². The van der Waals surface area contributed by atoms with Crippen molar-refractivity contribution in [3.63, 3.8) is 0 Å². The molecule has 9 nitrogen and oxygen atoms in total. The van der Waals surface area contributed by atoms with Gasteiger partial charge in [0.15, 0.2) is 6.61 Å². The maximum Gasteiger partial charge on any atom is 0.337 e. The Morgan fingerprint density at radius 3 is 2.77 bits per heavy atom. The lowest BCUT2D eigenvalue weighted by atomic mass is 10.1. The molecule has 0 saturated carbocycles. The first-order valence-corrected chi connectivity index (χ1v) is 10.9. The van der Waals surface area contributed by atoms with Crippen molar-refractivity contribution >= 4 is 29.2 Å². The minimum Gasteiger partial charge on any atom is -0.482 e. The first-order valence-electron chi connectivity index (χ1n) is 10.9. The van der Waals surface area contributed by atoms with Gasteiger partial charge in [-0.3, -0.25) is 9.78 Å². The summed E-state index contributed by atoms with van der Waals surface area (Å²) in [5.41, 5.74) is 4.18. The molecule has 1 N–H and O–H groups in total. The van der Waals surface area contributed by atoms with Crippen LogP contribution >= 0.6 is 0 Å². The number of amides is 1. The van der Waals surface area contributed by atoms with Gasteiger partial charge >= 0.3 is 5.97 Å². The van der Waals surface area contributed by atoms with Gasteiger partial charge in [-0.2, -0.15) is 0 Å². The molecule has 0 saturated heterocycles. The van der Waals surface area contributed by atoms with Crippen molar-refractivity contribution in [2.45, 2.75) is 6.54 Å². The first-order chi connectivity index (χ1) is 17.1. The van der Waals surface area contributed by atoms with Gasteiger partial charge in [0.2, 0.25) is 5.95 Å². The molecule has 9 heteroatoms. The molecule has 1 aliphatic rings. The number of benzene rings is 2. The number of nitrogens with zero attached hydrogens (tertiary/aromatic N) is 4. The van der Waals surface area contributed by atoms with Gasteiger partial charge in [0.05, 0.1) is 30.6 Å². The molecule has 0 fully saturated rings. The van der Waals surface area contributed by atoms with Crippen LogP contribution in [-0.4, -0.2) is 40.5 Å². The van der Waals surface area contributed by atoms with Crippen LogP contribution in [0.2, 0.25) is 0 Å². The second kappa shape index (κ2) is 9.60. The van der Waals surface area contributed by atoms with E-state index in [1.807, 2.05) is 30.3 Å². The van der Waals surface area contributed by atoms with E-state index >= 15 is 0 Å². The minimum absolute atomic E-state index is 0.0103. The van der Waals surface area contributed by atoms with Gasteiger partial charge in [0.25, 0.3) is 5.91 Å². The summed E-state index contributed by atoms with van der Waals surface area (Å²) in [5.74, 6) is 0.449. The average Bonchev–Trinajstić information content (AvgIpc) is 2.90. The molecule has 0 bridgehead atoms. The summed E-state index contributed by atoms with van der Waals surface area (Å²) in [6.07, 6.45) is 5.05. The maximum atomic E-state index is 12.7. The smallest absolute Gasteiger partial charge is 0.337 e. The molecule has 4 aromatic rings. The second-order valence-electron chi connectivity index (χ2n) is 7.77. The lowest BCUT2D eigenvalue weighted by Gasteiger charge is -2.30. The SMILES string of the molecule is COC(=O)c1cccc(Nc2nccc(-c3ccc4c(c3)N(Cc3ccncc3)C(=O)CO4)n2)c1. The highest BCUT2D eigenvalue weighted by Gasteiger charge is 2.26. The molecule has 2 aromatic heterocycles. The maximum absolute atomic E-state index is 12.7. The van der Waals surface area contributed by atoms with Gasteiger partial charge in [-0.05, 0) is 60.2 Å². The number of ether oxygens (including phenoxy) is 2. The summed E-state index contributed by atoms with van der Waals surface area (Å²) in [7, 11) is 1.34. The molecule has 2 aromatic carbocycles. The standard InChI is InChI=1S/C26H21N5O4/c1-34-25(33)19-3-2-4-20(13-19)29-26-28-12-9-21(30-26)18-5-6-23-22(14-18)31(24(32)16-35-23)15-17-7-10-27-11-8-17/h2-14H,15-16H2,1H3,(H,28,29,30). The number of pyridine rings is 1. The molecule has 0 unspecified atom stereocenters. The van der Waals surface area contributed by atoms with E-state index in [9.17, 15) is 9.59 Å². The Balaban J connectivity index is 1.43. The summed E-state index contributed by atoms with van der Waals surface area (Å²) in [5, 5.41) is 3.12. The van der Waals surface area contributed by atoms with Crippen molar-refractivity contribution in [1.82, 2.24) is 15.0 Å². The number of hydrogen-bond acceptors (Lipinski definition) is 8. The zero-order valence-corrected chi connectivity index (χ0v) is 18.8. The summed E-state index contributed by atoms with van der Waals surface area (Å²) in [6, 6.07) is 18.1. The molecule has 0 atom stereocenters. The van der Waals surface area contributed by atoms with E-state index in [0.717, 1.165) is 11.1 Å². The summed E-state index contributed by atoms with van der Waals surface area (Å²) < 4.78 is 10.4. The Bertz CT molecular complexity index is 1390. The van der Waals surface area contributed by atoms with Crippen LogP contribution < -0.4 is 15.0 Å². The van der Waals surface area contributed by atoms with Crippen molar-refractivity contribution in [1.29, 1.82) is 0 Å². The van der Waals surface area contributed by atoms with Gasteiger partial charge in [-0.15, -0.1) is 0 Å². The fourth-order valence-electron chi connectivity index (χ4n) is 3.76. The number of nitrogens with one attached hydrogen (secondary N) is 1. The summed E-state index contributed by atoms with van der Waals surface area (Å²) in [4.78, 5) is 39.2. The van der Waals surface area contributed by atoms with E-state index in [2.05, 4.69) is 20.3 Å². The lowest BCUT2D eigenvalue weighted by Crippen LogP contribution is -2.38. The van der Waals surface area contributed by atoms with Gasteiger partial charge in [0, 0.05) is 29.8 Å². The molecule has 3 heterocycles. The summed E-state index contributed by atoms with van der Waals surface area (Å²) in [6.45, 7) is 0.401. The Morgan fingerprint density at radius 1 is 1.09 bits per heavy atom. The van der Waals surface area contributed by atoms with Gasteiger partial charge in [0.1, 0.15) is 5.75 Å². The van der Waals surface area contributed by atoms with Crippen LogP contribution in [0.5, 0.6) is 5.75 Å². The van der Waals surface area contributed by atoms with Crippen molar-refractivity contribution in [2.24, 2.45) is 0 Å². The van der Waals surface area contributed by atoms with Gasteiger partial charge in [-0.25, -0.2) is 14.8 Å². The molecule has 174 valence electrons. The van der Waals surface area contributed by atoms with Crippen molar-refractivity contribution in [2.75, 3.05) is 23.9 Å². The third kappa shape index (κ3) is 4.79. The number of esters is 1. The van der Waals surface area contributed by atoms with E-state index in [1.165, 1.54) is 7.11 Å². The van der Waals surface area contributed by atoms with Crippen molar-refractivity contribution in [3.05, 3.63) is 90.4 Å². The molecular weight excluding hydrogens is 446 g/mol. The minimum atomic E-state index is -0.425. The number of hydrogen-bond donors (Lipinski definition) is 1. The molecular formula is C26H21N5O4. The van der Waals surface area contributed by atoms with E-state index in [1.54, 1.807) is 53.8 Å². The van der Waals surface area contributed by atoms with Crippen LogP contribution in [0.25, 0.3) is 11.3 Å². The highest BCUT2D eigenvalue weighted by molar-refractivity contribution is 5.98. The average molecular weight is 467 g/mol. The number of aromatic nitrogens is 3. The zero-order valence-electron chi connectivity index (χ0n) is 18.8. The molecule has 1 aliphatic heterocycles. The monoisotopic (exact) mass is 467 g/mol. The Morgan fingerprint density at radius 2 is 1.94 bits per heavy atom. The quantitative estimate of drug-likeness (QED) is 0.424. The lowest BCUT2D eigenvalue weighted by molar-refractivity contribution is -0.121. The van der Waals surface area contributed by atoms with Crippen LogP contribution in [-0.2, 0) is 16.1 Å². The third-order valence-corrected chi connectivity index (χ3v) is 5.48. The highest BCUT2D eigenvalue weighted by Crippen LogP contribution is 2.36. The molecule has 5 rings (SSSR count). The number of carbonyl (C=O) groups is 2. The number of methoxy groups -OCH3 is 1. The molecule has 0 spiro atoms. The zero-order chi connectivity index (χ0) is 24.2. The van der Waals surface area contributed by atoms with E-state index in [-0.39, 0.29) is 12.5 Å². The van der Waals surface area contributed by atoms with E-state index < -0.39 is 5.97 Å². The third-order valence-electron chi connectivity index (χ3n) is 5.48. The van der Waals surface area contributed by atoms with Crippen LogP contribution in [0.15, 0.2) is 79.3 Å². The van der Waals surface area contributed by atoms with Crippen LogP contribution in [0.1, 0.15) is 15.9 Å². The fourth-order valence-corrected chi connectivity index (χ4v) is 3.76. The highest BCUT2D eigenvalue weighted by atomic mass is 16.5. The molecule has 35 heavy (non-hydrogen) atoms. The second-order valence-corrected chi connectivity index (χ2v) is 7.77. The molecule has 0 aliphatic carbocycles. The number of carbonyl (C=O) groups excluding carboxylic acids is 2. The first kappa shape index (κ1) is 22.0. The topological polar surface area (TPSA) is 107 Å². The normalized spacial score (nSPS) is 12.5. The molecule has 0 radical (unpaired) electrons. The largest absolute Gasteiger partial charge is 0.482 e. The Kier molecular flexibility index (Phi) is 6.04. The Hall–Kier alpha value is -4.79. The number of anilines is 3. The number of rotatable bonds is 6. The van der Waals surface area contributed by atoms with Gasteiger partial charge < -0.3 is 19.7 Å². The van der Waals surface area contributed by atoms with E-state index in [0.29, 0.717) is 40.9 Å². The van der Waals surface area contributed by atoms with Crippen LogP contribution in [0.4, 0.5) is 17.3 Å². The van der Waals surface area contributed by atoms with Crippen molar-refractivity contribution in [3.8, 4) is 17.0 Å². The van der Waals surface area contributed by atoms with Gasteiger partial charge in [-0.1, -0.05) is 6.07 Å². The predicted molar refractivity (Wildman–Crippen MR) is 129 cm³/mol. The molecule has 1 amide bonds. The Labute approximate surface area is 201 Å². The fraction of sp³-hybridized carbons (Fsp3) is 0.115.